The lowest BCUT2D eigenvalue weighted by Gasteiger charge is -2.04. The van der Waals surface area contributed by atoms with Crippen molar-refractivity contribution in [3.8, 4) is 5.75 Å². The van der Waals surface area contributed by atoms with E-state index in [1.807, 2.05) is 12.1 Å². The van der Waals surface area contributed by atoms with E-state index >= 15 is 0 Å². The van der Waals surface area contributed by atoms with Gasteiger partial charge in [0.25, 0.3) is 0 Å². The quantitative estimate of drug-likeness (QED) is 0.739. The number of hydrogen-bond donors (Lipinski definition) is 0. The molecule has 16 heavy (non-hydrogen) atoms. The first kappa shape index (κ1) is 9.47. The van der Waals surface area contributed by atoms with Gasteiger partial charge in [0.2, 0.25) is 5.78 Å². The Bertz CT molecular complexity index is 537. The lowest BCUT2D eigenvalue weighted by Crippen LogP contribution is -2.04. The van der Waals surface area contributed by atoms with Crippen LogP contribution in [0.25, 0.3) is 0 Å². The first-order valence-electron chi connectivity index (χ1n) is 4.93. The molecule has 3 rings (SSSR count). The lowest BCUT2D eigenvalue weighted by molar-refractivity contribution is 0.103. The van der Waals surface area contributed by atoms with Gasteiger partial charge in [-0.1, -0.05) is 16.6 Å². The number of ketones is 1. The van der Waals surface area contributed by atoms with Gasteiger partial charge in [-0.2, -0.15) is 0 Å². The second kappa shape index (κ2) is 3.68. The van der Waals surface area contributed by atoms with Crippen molar-refractivity contribution in [2.24, 2.45) is 0 Å². The molecule has 0 spiro atoms. The van der Waals surface area contributed by atoms with Crippen molar-refractivity contribution < 1.29 is 9.53 Å². The standard InChI is InChI=1S/C11H8N2O2S/c14-10(9-6-16-13-12-9)8-3-1-2-7-4-5-15-11(7)8/h1-3,6H,4-5H2. The van der Waals surface area contributed by atoms with Crippen LogP contribution in [0.1, 0.15) is 21.6 Å². The number of para-hydroxylation sites is 1. The highest BCUT2D eigenvalue weighted by atomic mass is 32.1. The molecule has 0 amide bonds. The molecule has 1 aromatic heterocycles. The van der Waals surface area contributed by atoms with Crippen LogP contribution in [0.2, 0.25) is 0 Å². The molecule has 0 saturated carbocycles. The Morgan fingerprint density at radius 3 is 3.19 bits per heavy atom. The number of rotatable bonds is 2. The Morgan fingerprint density at radius 1 is 1.44 bits per heavy atom. The molecule has 0 fully saturated rings. The van der Waals surface area contributed by atoms with Crippen LogP contribution in [-0.2, 0) is 6.42 Å². The van der Waals surface area contributed by atoms with Crippen molar-refractivity contribution in [2.75, 3.05) is 6.61 Å². The number of carbonyl (C=O) groups excluding carboxylic acids is 1. The van der Waals surface area contributed by atoms with Gasteiger partial charge in [-0.3, -0.25) is 4.79 Å². The van der Waals surface area contributed by atoms with E-state index in [2.05, 4.69) is 9.59 Å². The molecule has 0 bridgehead atoms. The van der Waals surface area contributed by atoms with Crippen LogP contribution in [0.3, 0.4) is 0 Å². The summed E-state index contributed by atoms with van der Waals surface area (Å²) in [7, 11) is 0. The van der Waals surface area contributed by atoms with Crippen molar-refractivity contribution >= 4 is 17.3 Å². The minimum atomic E-state index is -0.118. The van der Waals surface area contributed by atoms with Crippen LogP contribution in [0.4, 0.5) is 0 Å². The molecule has 1 aliphatic rings. The highest BCUT2D eigenvalue weighted by molar-refractivity contribution is 7.03. The summed E-state index contributed by atoms with van der Waals surface area (Å²) in [5, 5.41) is 5.43. The molecule has 2 heterocycles. The monoisotopic (exact) mass is 232 g/mol. The average Bonchev–Trinajstić information content (AvgIpc) is 2.98. The van der Waals surface area contributed by atoms with Gasteiger partial charge in [-0.15, -0.1) is 5.10 Å². The van der Waals surface area contributed by atoms with Crippen molar-refractivity contribution in [3.63, 3.8) is 0 Å². The Balaban J connectivity index is 2.08. The number of hydrogen-bond acceptors (Lipinski definition) is 5. The summed E-state index contributed by atoms with van der Waals surface area (Å²) >= 11 is 1.17. The summed E-state index contributed by atoms with van der Waals surface area (Å²) in [4.78, 5) is 12.1. The molecule has 4 nitrogen and oxygen atoms in total. The number of nitrogens with zero attached hydrogens (tertiary/aromatic N) is 2. The fourth-order valence-corrected chi connectivity index (χ4v) is 2.23. The van der Waals surface area contributed by atoms with Crippen LogP contribution in [0, 0.1) is 0 Å². The Morgan fingerprint density at radius 2 is 2.38 bits per heavy atom. The third-order valence-electron chi connectivity index (χ3n) is 2.55. The van der Waals surface area contributed by atoms with Gasteiger partial charge in [0.15, 0.2) is 0 Å². The predicted octanol–water partition coefficient (Wildman–Crippen LogP) is 1.70. The molecule has 1 aliphatic heterocycles. The number of ether oxygens (including phenoxy) is 1. The molecule has 0 unspecified atom stereocenters. The van der Waals surface area contributed by atoms with E-state index in [1.165, 1.54) is 11.5 Å². The van der Waals surface area contributed by atoms with E-state index in [-0.39, 0.29) is 5.78 Å². The topological polar surface area (TPSA) is 52.1 Å². The summed E-state index contributed by atoms with van der Waals surface area (Å²) < 4.78 is 9.18. The minimum absolute atomic E-state index is 0.118. The molecule has 0 N–H and O–H groups in total. The molecule has 0 saturated heterocycles. The molecular weight excluding hydrogens is 224 g/mol. The van der Waals surface area contributed by atoms with E-state index in [0.29, 0.717) is 23.6 Å². The third kappa shape index (κ3) is 1.40. The van der Waals surface area contributed by atoms with Gasteiger partial charge in [0.05, 0.1) is 12.2 Å². The maximum absolute atomic E-state index is 12.1. The van der Waals surface area contributed by atoms with Gasteiger partial charge in [0, 0.05) is 11.8 Å². The van der Waals surface area contributed by atoms with Crippen LogP contribution < -0.4 is 4.74 Å². The van der Waals surface area contributed by atoms with Gasteiger partial charge >= 0.3 is 0 Å². The summed E-state index contributed by atoms with van der Waals surface area (Å²) in [6.45, 7) is 0.648. The van der Waals surface area contributed by atoms with Crippen LogP contribution >= 0.6 is 11.5 Å². The number of carbonyl (C=O) groups is 1. The first-order valence-corrected chi connectivity index (χ1v) is 5.76. The van der Waals surface area contributed by atoms with E-state index in [1.54, 1.807) is 11.4 Å². The number of benzene rings is 1. The smallest absolute Gasteiger partial charge is 0.217 e. The summed E-state index contributed by atoms with van der Waals surface area (Å²) in [6, 6.07) is 5.63. The average molecular weight is 232 g/mol. The van der Waals surface area contributed by atoms with E-state index in [0.717, 1.165) is 12.0 Å². The van der Waals surface area contributed by atoms with Gasteiger partial charge in [-0.05, 0) is 23.2 Å². The van der Waals surface area contributed by atoms with E-state index in [9.17, 15) is 4.79 Å². The minimum Gasteiger partial charge on any atom is -0.492 e. The zero-order valence-corrected chi connectivity index (χ0v) is 9.16. The van der Waals surface area contributed by atoms with Gasteiger partial charge in [-0.25, -0.2) is 0 Å². The molecule has 2 aromatic rings. The van der Waals surface area contributed by atoms with E-state index < -0.39 is 0 Å². The van der Waals surface area contributed by atoms with Crippen molar-refractivity contribution in [2.45, 2.75) is 6.42 Å². The Kier molecular flexibility index (Phi) is 2.18. The number of fused-ring (bicyclic) bond motifs is 1. The number of aromatic nitrogens is 2. The van der Waals surface area contributed by atoms with Crippen LogP contribution in [-0.4, -0.2) is 22.0 Å². The largest absolute Gasteiger partial charge is 0.492 e. The van der Waals surface area contributed by atoms with Crippen molar-refractivity contribution in [1.29, 1.82) is 0 Å². The Hall–Kier alpha value is -1.75. The fraction of sp³-hybridized carbons (Fsp3) is 0.182. The maximum Gasteiger partial charge on any atom is 0.217 e. The summed E-state index contributed by atoms with van der Waals surface area (Å²) in [5.74, 6) is 0.591. The molecule has 0 aliphatic carbocycles. The predicted molar refractivity (Wildman–Crippen MR) is 59.0 cm³/mol. The lowest BCUT2D eigenvalue weighted by atomic mass is 10.0. The van der Waals surface area contributed by atoms with E-state index in [4.69, 9.17) is 4.74 Å². The summed E-state index contributed by atoms with van der Waals surface area (Å²) in [6.07, 6.45) is 0.867. The van der Waals surface area contributed by atoms with Crippen molar-refractivity contribution in [3.05, 3.63) is 40.4 Å². The molecule has 5 heteroatoms. The second-order valence-electron chi connectivity index (χ2n) is 3.51. The zero-order chi connectivity index (χ0) is 11.0. The zero-order valence-electron chi connectivity index (χ0n) is 8.34. The maximum atomic E-state index is 12.1. The fourth-order valence-electron chi connectivity index (χ4n) is 1.80. The SMILES string of the molecule is O=C(c1csnn1)c1cccc2c1OCC2. The van der Waals surface area contributed by atoms with Crippen LogP contribution in [0.15, 0.2) is 23.6 Å². The van der Waals surface area contributed by atoms with Crippen LogP contribution in [0.5, 0.6) is 5.75 Å². The molecule has 0 atom stereocenters. The molecule has 1 aromatic carbocycles. The highest BCUT2D eigenvalue weighted by Crippen LogP contribution is 2.30. The Labute approximate surface area is 96.0 Å². The van der Waals surface area contributed by atoms with Gasteiger partial charge < -0.3 is 4.74 Å². The molecular formula is C11H8N2O2S. The summed E-state index contributed by atoms with van der Waals surface area (Å²) in [5.41, 5.74) is 2.06. The third-order valence-corrected chi connectivity index (χ3v) is 3.06. The molecule has 80 valence electrons. The normalized spacial score (nSPS) is 13.2. The second-order valence-corrected chi connectivity index (χ2v) is 4.12. The van der Waals surface area contributed by atoms with Crippen molar-refractivity contribution in [1.82, 2.24) is 9.59 Å². The van der Waals surface area contributed by atoms with Gasteiger partial charge in [0.1, 0.15) is 11.4 Å². The highest BCUT2D eigenvalue weighted by Gasteiger charge is 2.22. The molecule has 0 radical (unpaired) electrons. The first-order chi connectivity index (χ1) is 7.86.